The molecule has 0 spiro atoms. The van der Waals surface area contributed by atoms with Gasteiger partial charge in [0.05, 0.1) is 18.2 Å². The Balaban J connectivity index is 1.94. The molecule has 0 aliphatic carbocycles. The van der Waals surface area contributed by atoms with Gasteiger partial charge in [-0.15, -0.1) is 0 Å². The lowest BCUT2D eigenvalue weighted by Gasteiger charge is -2.36. The Labute approximate surface area is 157 Å². The summed E-state index contributed by atoms with van der Waals surface area (Å²) in [5.74, 6) is -1.63. The first kappa shape index (κ1) is 18.6. The molecule has 0 aromatic heterocycles. The summed E-state index contributed by atoms with van der Waals surface area (Å²) in [6, 6.07) is 12.4. The number of fused-ring (bicyclic) bond motifs is 1. The van der Waals surface area contributed by atoms with Crippen LogP contribution in [0.4, 0.5) is 0 Å². The van der Waals surface area contributed by atoms with Crippen molar-refractivity contribution < 1.29 is 24.2 Å². The molecule has 1 aliphatic heterocycles. The summed E-state index contributed by atoms with van der Waals surface area (Å²) in [5.41, 5.74) is 0.500. The van der Waals surface area contributed by atoms with Crippen molar-refractivity contribution in [2.45, 2.75) is 26.3 Å². The van der Waals surface area contributed by atoms with E-state index in [-0.39, 0.29) is 11.1 Å². The first-order valence-corrected chi connectivity index (χ1v) is 8.59. The number of benzene rings is 2. The van der Waals surface area contributed by atoms with Crippen LogP contribution in [0.25, 0.3) is 0 Å². The molecule has 6 nitrogen and oxygen atoms in total. The van der Waals surface area contributed by atoms with Gasteiger partial charge in [-0.2, -0.15) is 0 Å². The zero-order valence-corrected chi connectivity index (χ0v) is 15.4. The molecule has 27 heavy (non-hydrogen) atoms. The highest BCUT2D eigenvalue weighted by Gasteiger charge is 2.49. The number of amides is 2. The third kappa shape index (κ3) is 3.30. The molecule has 0 saturated heterocycles. The van der Waals surface area contributed by atoms with E-state index in [1.165, 1.54) is 0 Å². The van der Waals surface area contributed by atoms with Gasteiger partial charge in [0.1, 0.15) is 11.8 Å². The Bertz CT molecular complexity index is 866. The predicted molar refractivity (Wildman–Crippen MR) is 98.8 cm³/mol. The summed E-state index contributed by atoms with van der Waals surface area (Å²) < 4.78 is 5.14. The fourth-order valence-corrected chi connectivity index (χ4v) is 3.60. The number of ether oxygens (including phenoxy) is 1. The van der Waals surface area contributed by atoms with Gasteiger partial charge in [0, 0.05) is 5.41 Å². The van der Waals surface area contributed by atoms with Crippen molar-refractivity contribution >= 4 is 17.8 Å². The van der Waals surface area contributed by atoms with E-state index >= 15 is 0 Å². The SMILES string of the molecule is COc1ccc(CC(C)(C)[C@@H](C(=O)O)N2C(=O)c3ccccc3C2=O)cc1. The van der Waals surface area contributed by atoms with Crippen LogP contribution in [0.2, 0.25) is 0 Å². The van der Waals surface area contributed by atoms with Crippen LogP contribution in [0.3, 0.4) is 0 Å². The quantitative estimate of drug-likeness (QED) is 0.794. The monoisotopic (exact) mass is 367 g/mol. The topological polar surface area (TPSA) is 83.9 Å². The molecule has 0 bridgehead atoms. The van der Waals surface area contributed by atoms with Gasteiger partial charge in [-0.25, -0.2) is 4.79 Å². The van der Waals surface area contributed by atoms with Crippen molar-refractivity contribution in [3.8, 4) is 5.75 Å². The van der Waals surface area contributed by atoms with E-state index in [9.17, 15) is 19.5 Å². The van der Waals surface area contributed by atoms with Crippen molar-refractivity contribution in [2.24, 2.45) is 5.41 Å². The lowest BCUT2D eigenvalue weighted by molar-refractivity contribution is -0.145. The second kappa shape index (κ2) is 6.87. The fourth-order valence-electron chi connectivity index (χ4n) is 3.60. The van der Waals surface area contributed by atoms with Crippen LogP contribution in [0.15, 0.2) is 48.5 Å². The maximum atomic E-state index is 12.8. The van der Waals surface area contributed by atoms with E-state index in [2.05, 4.69) is 0 Å². The van der Waals surface area contributed by atoms with E-state index < -0.39 is 29.2 Å². The van der Waals surface area contributed by atoms with E-state index in [1.54, 1.807) is 57.4 Å². The summed E-state index contributed by atoms with van der Waals surface area (Å²) in [7, 11) is 1.57. The number of hydrogen-bond acceptors (Lipinski definition) is 4. The Morgan fingerprint density at radius 1 is 1.04 bits per heavy atom. The summed E-state index contributed by atoms with van der Waals surface area (Å²) in [6.07, 6.45) is 0.376. The van der Waals surface area contributed by atoms with Gasteiger partial charge in [-0.3, -0.25) is 14.5 Å². The number of nitrogens with zero attached hydrogens (tertiary/aromatic N) is 1. The molecule has 1 atom stereocenters. The van der Waals surface area contributed by atoms with Gasteiger partial charge < -0.3 is 9.84 Å². The van der Waals surface area contributed by atoms with Crippen LogP contribution in [-0.2, 0) is 11.2 Å². The minimum absolute atomic E-state index is 0.244. The molecule has 140 valence electrons. The molecule has 0 saturated carbocycles. The molecular weight excluding hydrogens is 346 g/mol. The van der Waals surface area contributed by atoms with Crippen molar-refractivity contribution in [1.82, 2.24) is 4.90 Å². The van der Waals surface area contributed by atoms with E-state index in [4.69, 9.17) is 4.74 Å². The molecule has 0 radical (unpaired) electrons. The van der Waals surface area contributed by atoms with Gasteiger partial charge >= 0.3 is 5.97 Å². The third-order valence-electron chi connectivity index (χ3n) is 4.88. The number of methoxy groups -OCH3 is 1. The first-order valence-electron chi connectivity index (χ1n) is 8.59. The van der Waals surface area contributed by atoms with E-state index in [0.29, 0.717) is 12.2 Å². The van der Waals surface area contributed by atoms with Gasteiger partial charge in [-0.05, 0) is 36.2 Å². The molecule has 0 fully saturated rings. The minimum Gasteiger partial charge on any atom is -0.497 e. The number of carbonyl (C=O) groups excluding carboxylic acids is 2. The highest BCUT2D eigenvalue weighted by atomic mass is 16.5. The van der Waals surface area contributed by atoms with Crippen LogP contribution in [0, 0.1) is 5.41 Å². The molecule has 2 aromatic carbocycles. The third-order valence-corrected chi connectivity index (χ3v) is 4.88. The summed E-state index contributed by atoms with van der Waals surface area (Å²) in [6.45, 7) is 3.50. The molecule has 6 heteroatoms. The standard InChI is InChI=1S/C21H21NO5/c1-21(2,12-13-8-10-14(27-3)11-9-13)17(20(25)26)22-18(23)15-6-4-5-7-16(15)19(22)24/h4-11,17H,12H2,1-3H3,(H,25,26)/t17-/m1/s1. The first-order chi connectivity index (χ1) is 12.8. The number of carboxylic acid groups (broad SMARTS) is 1. The van der Waals surface area contributed by atoms with Crippen molar-refractivity contribution in [1.29, 1.82) is 0 Å². The number of carboxylic acids is 1. The molecule has 3 rings (SSSR count). The minimum atomic E-state index is -1.29. The molecule has 1 N–H and O–H groups in total. The number of carbonyl (C=O) groups is 3. The van der Waals surface area contributed by atoms with Crippen LogP contribution >= 0.6 is 0 Å². The maximum absolute atomic E-state index is 12.8. The molecule has 2 aromatic rings. The van der Waals surface area contributed by atoms with Crippen LogP contribution in [-0.4, -0.2) is 40.9 Å². The molecule has 1 aliphatic rings. The van der Waals surface area contributed by atoms with Gasteiger partial charge in [0.2, 0.25) is 0 Å². The lowest BCUT2D eigenvalue weighted by atomic mass is 9.78. The molecule has 0 unspecified atom stereocenters. The number of rotatable bonds is 6. The van der Waals surface area contributed by atoms with Crippen molar-refractivity contribution in [3.05, 3.63) is 65.2 Å². The summed E-state index contributed by atoms with van der Waals surface area (Å²) in [4.78, 5) is 38.5. The normalized spacial score (nSPS) is 14.9. The van der Waals surface area contributed by atoms with Crippen LogP contribution in [0.5, 0.6) is 5.75 Å². The summed E-state index contributed by atoms with van der Waals surface area (Å²) in [5, 5.41) is 9.88. The summed E-state index contributed by atoms with van der Waals surface area (Å²) >= 11 is 0. The highest BCUT2D eigenvalue weighted by Crippen LogP contribution is 2.35. The smallest absolute Gasteiger partial charge is 0.327 e. The second-order valence-electron chi connectivity index (χ2n) is 7.28. The zero-order valence-electron chi connectivity index (χ0n) is 15.4. The average Bonchev–Trinajstić information content (AvgIpc) is 2.87. The van der Waals surface area contributed by atoms with Crippen molar-refractivity contribution in [3.63, 3.8) is 0 Å². The van der Waals surface area contributed by atoms with Gasteiger partial charge in [0.25, 0.3) is 11.8 Å². The Kier molecular flexibility index (Phi) is 4.74. The van der Waals surface area contributed by atoms with Gasteiger partial charge in [-0.1, -0.05) is 38.1 Å². The second-order valence-corrected chi connectivity index (χ2v) is 7.28. The number of hydrogen-bond donors (Lipinski definition) is 1. The average molecular weight is 367 g/mol. The lowest BCUT2D eigenvalue weighted by Crippen LogP contribution is -2.53. The fraction of sp³-hybridized carbons (Fsp3) is 0.286. The van der Waals surface area contributed by atoms with Crippen LogP contribution < -0.4 is 4.74 Å². The maximum Gasteiger partial charge on any atom is 0.327 e. The highest BCUT2D eigenvalue weighted by molar-refractivity contribution is 6.22. The largest absolute Gasteiger partial charge is 0.497 e. The van der Waals surface area contributed by atoms with Gasteiger partial charge in [0.15, 0.2) is 0 Å². The Hall–Kier alpha value is -3.15. The zero-order chi connectivity index (χ0) is 19.8. The van der Waals surface area contributed by atoms with E-state index in [0.717, 1.165) is 10.5 Å². The molecule has 2 amide bonds. The predicted octanol–water partition coefficient (Wildman–Crippen LogP) is 3.01. The Morgan fingerprint density at radius 3 is 2.00 bits per heavy atom. The van der Waals surface area contributed by atoms with Crippen LogP contribution in [0.1, 0.15) is 40.1 Å². The number of imide groups is 1. The molecule has 1 heterocycles. The molecular formula is C21H21NO5. The number of aliphatic carboxylic acids is 1. The Morgan fingerprint density at radius 2 is 1.56 bits per heavy atom. The van der Waals surface area contributed by atoms with Crippen molar-refractivity contribution in [2.75, 3.05) is 7.11 Å². The van der Waals surface area contributed by atoms with E-state index in [1.807, 2.05) is 12.1 Å².